The van der Waals surface area contributed by atoms with E-state index in [0.717, 1.165) is 19.3 Å². The molecule has 4 rings (SSSR count). The maximum absolute atomic E-state index is 12.8. The third-order valence-corrected chi connectivity index (χ3v) is 5.78. The van der Waals surface area contributed by atoms with Gasteiger partial charge < -0.3 is 19.8 Å². The molecule has 194 valence electrons. The number of amides is 1. The van der Waals surface area contributed by atoms with Gasteiger partial charge in [0.05, 0.1) is 12.2 Å². The predicted molar refractivity (Wildman–Crippen MR) is 125 cm³/mol. The Kier molecular flexibility index (Phi) is 6.96. The Bertz CT molecular complexity index is 1300. The van der Waals surface area contributed by atoms with Crippen LogP contribution in [-0.4, -0.2) is 43.8 Å². The van der Waals surface area contributed by atoms with Crippen LogP contribution in [0.3, 0.4) is 0 Å². The molecular weight excluding hydrogens is 479 g/mol. The molecule has 0 spiro atoms. The molecule has 9 nitrogen and oxygen atoms in total. The number of nitrogens with one attached hydrogen (secondary N) is 2. The number of fused-ring (bicyclic) bond motifs is 1. The second kappa shape index (κ2) is 9.82. The first-order valence-corrected chi connectivity index (χ1v) is 11.7. The molecule has 0 aliphatic heterocycles. The van der Waals surface area contributed by atoms with E-state index in [9.17, 15) is 22.8 Å². The van der Waals surface area contributed by atoms with Gasteiger partial charge in [-0.25, -0.2) is 14.5 Å². The maximum Gasteiger partial charge on any atom is 0.573 e. The number of hydrogen-bond acceptors (Lipinski definition) is 6. The summed E-state index contributed by atoms with van der Waals surface area (Å²) in [7, 11) is 0. The maximum atomic E-state index is 12.8. The number of para-hydroxylation sites is 1. The third kappa shape index (κ3) is 6.35. The molecule has 1 aromatic carbocycles. The lowest BCUT2D eigenvalue weighted by molar-refractivity contribution is -0.274. The van der Waals surface area contributed by atoms with Gasteiger partial charge in [0, 0.05) is 18.0 Å². The van der Waals surface area contributed by atoms with Crippen molar-refractivity contribution in [1.29, 1.82) is 0 Å². The van der Waals surface area contributed by atoms with Gasteiger partial charge in [-0.3, -0.25) is 4.79 Å². The number of halogens is 3. The fraction of sp³-hybridized carbons (Fsp3) is 0.500. The van der Waals surface area contributed by atoms with Gasteiger partial charge in [0.25, 0.3) is 5.56 Å². The van der Waals surface area contributed by atoms with Crippen molar-refractivity contribution in [2.75, 3.05) is 0 Å². The molecule has 1 aliphatic carbocycles. The van der Waals surface area contributed by atoms with Gasteiger partial charge in [-0.2, -0.15) is 5.10 Å². The number of aromatic nitrogens is 4. The van der Waals surface area contributed by atoms with Crippen molar-refractivity contribution in [3.8, 4) is 5.75 Å². The van der Waals surface area contributed by atoms with Crippen molar-refractivity contribution in [2.45, 2.75) is 76.9 Å². The summed E-state index contributed by atoms with van der Waals surface area (Å²) in [6.07, 6.45) is -1.03. The van der Waals surface area contributed by atoms with Crippen LogP contribution in [0.1, 0.15) is 63.9 Å². The average Bonchev–Trinajstić information content (AvgIpc) is 3.17. The second-order valence-electron chi connectivity index (χ2n) is 9.83. The number of carbonyl (C=O) groups is 1. The van der Waals surface area contributed by atoms with Crippen LogP contribution in [0.2, 0.25) is 0 Å². The highest BCUT2D eigenvalue weighted by atomic mass is 19.4. The van der Waals surface area contributed by atoms with Crippen molar-refractivity contribution >= 4 is 17.1 Å². The number of ether oxygens (including phenoxy) is 2. The minimum Gasteiger partial charge on any atom is -0.444 e. The summed E-state index contributed by atoms with van der Waals surface area (Å²) < 4.78 is 49.5. The molecule has 0 radical (unpaired) electrons. The van der Waals surface area contributed by atoms with Crippen LogP contribution < -0.4 is 15.6 Å². The van der Waals surface area contributed by atoms with Crippen molar-refractivity contribution in [2.24, 2.45) is 0 Å². The van der Waals surface area contributed by atoms with Gasteiger partial charge in [-0.1, -0.05) is 18.2 Å². The zero-order valence-electron chi connectivity index (χ0n) is 20.2. The number of rotatable bonds is 5. The van der Waals surface area contributed by atoms with Gasteiger partial charge in [0.2, 0.25) is 0 Å². The quantitative estimate of drug-likeness (QED) is 0.522. The van der Waals surface area contributed by atoms with Crippen LogP contribution in [0.15, 0.2) is 35.3 Å². The molecule has 36 heavy (non-hydrogen) atoms. The van der Waals surface area contributed by atoms with E-state index < -0.39 is 23.6 Å². The molecular formula is C24H28F3N5O4. The standard InChI is InChI=1S/C24H28F3N5O4/c1-23(2,3)36-22(34)29-15-8-6-9-16(12-15)32-20-17(13-28-32)21(33)31-19(30-20)11-14-7-4-5-10-18(14)35-24(25,26)27/h4-5,7,10,13,15-16H,6,8-9,11-12H2,1-3H3,(H,29,34)(H,30,31,33). The Morgan fingerprint density at radius 3 is 2.69 bits per heavy atom. The number of alkyl halides is 3. The molecule has 2 heterocycles. The number of benzene rings is 1. The fourth-order valence-corrected chi connectivity index (χ4v) is 4.38. The molecule has 2 atom stereocenters. The lowest BCUT2D eigenvalue weighted by atomic mass is 9.91. The molecule has 3 aromatic rings. The lowest BCUT2D eigenvalue weighted by Gasteiger charge is -2.31. The Labute approximate surface area is 205 Å². The third-order valence-electron chi connectivity index (χ3n) is 5.78. The van der Waals surface area contributed by atoms with E-state index >= 15 is 0 Å². The zero-order chi connectivity index (χ0) is 26.1. The van der Waals surface area contributed by atoms with E-state index in [4.69, 9.17) is 4.74 Å². The monoisotopic (exact) mass is 507 g/mol. The summed E-state index contributed by atoms with van der Waals surface area (Å²) >= 11 is 0. The summed E-state index contributed by atoms with van der Waals surface area (Å²) in [5, 5.41) is 7.56. The molecule has 1 saturated carbocycles. The number of alkyl carbamates (subject to hydrolysis) is 1. The molecule has 2 aromatic heterocycles. The molecule has 1 fully saturated rings. The van der Waals surface area contributed by atoms with E-state index in [2.05, 4.69) is 25.1 Å². The number of hydrogen-bond donors (Lipinski definition) is 2. The number of carbonyl (C=O) groups excluding carboxylic acids is 1. The molecule has 1 aliphatic rings. The van der Waals surface area contributed by atoms with Crippen LogP contribution in [0.5, 0.6) is 5.75 Å². The van der Waals surface area contributed by atoms with Crippen LogP contribution >= 0.6 is 0 Å². The minimum atomic E-state index is -4.84. The number of H-pyrrole nitrogens is 1. The van der Waals surface area contributed by atoms with Crippen molar-refractivity contribution in [1.82, 2.24) is 25.1 Å². The smallest absolute Gasteiger partial charge is 0.444 e. The Hall–Kier alpha value is -3.57. The first-order chi connectivity index (χ1) is 16.9. The molecule has 0 saturated heterocycles. The molecule has 2 unspecified atom stereocenters. The van der Waals surface area contributed by atoms with Crippen molar-refractivity contribution < 1.29 is 27.4 Å². The Balaban J connectivity index is 1.57. The van der Waals surface area contributed by atoms with E-state index in [-0.39, 0.29) is 41.0 Å². The lowest BCUT2D eigenvalue weighted by Crippen LogP contribution is -2.41. The van der Waals surface area contributed by atoms with Gasteiger partial charge in [0.15, 0.2) is 5.65 Å². The second-order valence-corrected chi connectivity index (χ2v) is 9.83. The van der Waals surface area contributed by atoms with Gasteiger partial charge in [-0.05, 0) is 52.5 Å². The highest BCUT2D eigenvalue weighted by Crippen LogP contribution is 2.31. The minimum absolute atomic E-state index is 0.0733. The summed E-state index contributed by atoms with van der Waals surface area (Å²) in [5.41, 5.74) is -0.482. The summed E-state index contributed by atoms with van der Waals surface area (Å²) in [6.45, 7) is 5.38. The van der Waals surface area contributed by atoms with Crippen LogP contribution in [-0.2, 0) is 11.2 Å². The van der Waals surface area contributed by atoms with Crippen LogP contribution in [0.4, 0.5) is 18.0 Å². The average molecular weight is 508 g/mol. The van der Waals surface area contributed by atoms with Gasteiger partial charge in [0.1, 0.15) is 22.6 Å². The fourth-order valence-electron chi connectivity index (χ4n) is 4.38. The van der Waals surface area contributed by atoms with E-state index in [1.54, 1.807) is 31.5 Å². The molecule has 0 bridgehead atoms. The highest BCUT2D eigenvalue weighted by Gasteiger charge is 2.32. The normalized spacial score (nSPS) is 18.7. The van der Waals surface area contributed by atoms with Gasteiger partial charge in [-0.15, -0.1) is 13.2 Å². The molecule has 2 N–H and O–H groups in total. The Morgan fingerprint density at radius 2 is 1.97 bits per heavy atom. The predicted octanol–water partition coefficient (Wildman–Crippen LogP) is 4.62. The Morgan fingerprint density at radius 1 is 1.22 bits per heavy atom. The molecule has 1 amide bonds. The van der Waals surface area contributed by atoms with Crippen LogP contribution in [0, 0.1) is 0 Å². The summed E-state index contributed by atoms with van der Waals surface area (Å²) in [4.78, 5) is 32.1. The highest BCUT2D eigenvalue weighted by molar-refractivity contribution is 5.73. The first kappa shape index (κ1) is 25.5. The van der Waals surface area contributed by atoms with Gasteiger partial charge >= 0.3 is 12.5 Å². The van der Waals surface area contributed by atoms with Crippen molar-refractivity contribution in [3.63, 3.8) is 0 Å². The van der Waals surface area contributed by atoms with E-state index in [0.29, 0.717) is 12.1 Å². The molecule has 12 heteroatoms. The van der Waals surface area contributed by atoms with E-state index in [1.165, 1.54) is 24.4 Å². The van der Waals surface area contributed by atoms with Crippen LogP contribution in [0.25, 0.3) is 11.0 Å². The topological polar surface area (TPSA) is 111 Å². The summed E-state index contributed by atoms with van der Waals surface area (Å²) in [5.74, 6) is -0.170. The number of aromatic amines is 1. The number of nitrogens with zero attached hydrogens (tertiary/aromatic N) is 3. The zero-order valence-corrected chi connectivity index (χ0v) is 20.2. The van der Waals surface area contributed by atoms with E-state index in [1.807, 2.05) is 0 Å². The summed E-state index contributed by atoms with van der Waals surface area (Å²) in [6, 6.07) is 5.45. The first-order valence-electron chi connectivity index (χ1n) is 11.7. The SMILES string of the molecule is CC(C)(C)OC(=O)NC1CCCC(n2ncc3c(=O)[nH]c(Cc4ccccc4OC(F)(F)F)nc32)C1. The largest absolute Gasteiger partial charge is 0.573 e. The van der Waals surface area contributed by atoms with Crippen molar-refractivity contribution in [3.05, 3.63) is 52.2 Å².